The van der Waals surface area contributed by atoms with Gasteiger partial charge in [0.1, 0.15) is 0 Å². The van der Waals surface area contributed by atoms with E-state index >= 15 is 0 Å². The van der Waals surface area contributed by atoms with Crippen LogP contribution >= 0.6 is 0 Å². The van der Waals surface area contributed by atoms with Gasteiger partial charge in [-0.3, -0.25) is 0 Å². The molecule has 0 spiro atoms. The Morgan fingerprint density at radius 3 is 2.11 bits per heavy atom. The number of nitrogens with zero attached hydrogens (tertiary/aromatic N) is 1. The monoisotopic (exact) mass is 379 g/mol. The zero-order valence-corrected chi connectivity index (χ0v) is 15.9. The summed E-state index contributed by atoms with van der Waals surface area (Å²) in [7, 11) is -3.58. The molecule has 0 heterocycles. The molecule has 0 radical (unpaired) electrons. The third-order valence-electron chi connectivity index (χ3n) is 4.17. The average molecular weight is 379 g/mol. The van der Waals surface area contributed by atoms with E-state index in [2.05, 4.69) is 0 Å². The summed E-state index contributed by atoms with van der Waals surface area (Å²) >= 11 is 0. The van der Waals surface area contributed by atoms with Crippen molar-refractivity contribution in [1.29, 1.82) is 0 Å². The van der Waals surface area contributed by atoms with Crippen molar-refractivity contribution in [1.82, 2.24) is 0 Å². The van der Waals surface area contributed by atoms with E-state index < -0.39 is 9.84 Å². The first-order valence-electron chi connectivity index (χ1n) is 8.64. The Labute approximate surface area is 159 Å². The Balaban J connectivity index is 1.94. The molecular formula is C22H21NO3S. The maximum absolute atomic E-state index is 13.0. The minimum absolute atomic E-state index is 0.102. The van der Waals surface area contributed by atoms with Gasteiger partial charge >= 0.3 is 0 Å². The molecule has 138 valence electrons. The van der Waals surface area contributed by atoms with Gasteiger partial charge in [0.25, 0.3) is 0 Å². The summed E-state index contributed by atoms with van der Waals surface area (Å²) < 4.78 is 26.7. The Morgan fingerprint density at radius 2 is 1.48 bits per heavy atom. The minimum Gasteiger partial charge on any atom is -0.624 e. The minimum atomic E-state index is -3.58. The van der Waals surface area contributed by atoms with E-state index in [4.69, 9.17) is 0 Å². The topological polar surface area (TPSA) is 60.2 Å². The van der Waals surface area contributed by atoms with Crippen LogP contribution in [0.25, 0.3) is 0 Å². The van der Waals surface area contributed by atoms with Crippen molar-refractivity contribution in [3.63, 3.8) is 0 Å². The molecule has 0 bridgehead atoms. The molecule has 0 aliphatic heterocycles. The fraction of sp³-hybridized carbons (Fsp3) is 0.136. The van der Waals surface area contributed by atoms with Crippen molar-refractivity contribution in [3.8, 4) is 0 Å². The molecule has 0 aliphatic rings. The summed E-state index contributed by atoms with van der Waals surface area (Å²) in [5, 5.41) is 12.4. The van der Waals surface area contributed by atoms with Crippen molar-refractivity contribution < 1.29 is 13.2 Å². The molecule has 0 saturated heterocycles. The molecule has 0 saturated carbocycles. The predicted octanol–water partition coefficient (Wildman–Crippen LogP) is 4.10. The SMILES string of the molecule is Cc1ccc(/C=[N+](\[O-])Cc2ccccc2)c(S(=O)(=O)Cc2ccccc2)c1. The molecule has 0 aliphatic carbocycles. The summed E-state index contributed by atoms with van der Waals surface area (Å²) in [6.45, 7) is 2.00. The van der Waals surface area contributed by atoms with E-state index in [0.29, 0.717) is 11.1 Å². The molecule has 0 amide bonds. The number of sulfone groups is 1. The van der Waals surface area contributed by atoms with Gasteiger partial charge in [-0.2, -0.15) is 0 Å². The van der Waals surface area contributed by atoms with Gasteiger partial charge in [0.05, 0.1) is 16.2 Å². The molecule has 0 unspecified atom stereocenters. The van der Waals surface area contributed by atoms with E-state index in [-0.39, 0.29) is 17.2 Å². The first kappa shape index (κ1) is 18.9. The Hall–Kier alpha value is -2.92. The van der Waals surface area contributed by atoms with E-state index in [1.807, 2.05) is 61.5 Å². The maximum atomic E-state index is 13.0. The fourth-order valence-electron chi connectivity index (χ4n) is 2.85. The smallest absolute Gasteiger partial charge is 0.183 e. The van der Waals surface area contributed by atoms with Crippen LogP contribution in [0, 0.1) is 12.1 Å². The predicted molar refractivity (Wildman–Crippen MR) is 107 cm³/mol. The second kappa shape index (κ2) is 8.18. The highest BCUT2D eigenvalue weighted by molar-refractivity contribution is 7.90. The molecule has 0 fully saturated rings. The molecule has 3 aromatic carbocycles. The van der Waals surface area contributed by atoms with Crippen LogP contribution in [-0.4, -0.2) is 19.4 Å². The van der Waals surface area contributed by atoms with Crippen LogP contribution in [0.15, 0.2) is 83.8 Å². The molecule has 0 atom stereocenters. The van der Waals surface area contributed by atoms with Crippen LogP contribution < -0.4 is 0 Å². The molecule has 3 aromatic rings. The second-order valence-electron chi connectivity index (χ2n) is 6.48. The first-order chi connectivity index (χ1) is 12.9. The summed E-state index contributed by atoms with van der Waals surface area (Å²) in [5.41, 5.74) is 2.82. The van der Waals surface area contributed by atoms with Crippen LogP contribution in [0.5, 0.6) is 0 Å². The van der Waals surface area contributed by atoms with Crippen molar-refractivity contribution in [2.45, 2.75) is 24.1 Å². The summed E-state index contributed by atoms with van der Waals surface area (Å²) in [5.74, 6) is -0.102. The van der Waals surface area contributed by atoms with Crippen molar-refractivity contribution in [2.75, 3.05) is 0 Å². The average Bonchev–Trinajstić information content (AvgIpc) is 2.64. The van der Waals surface area contributed by atoms with Crippen LogP contribution in [-0.2, 0) is 22.1 Å². The van der Waals surface area contributed by atoms with E-state index in [9.17, 15) is 13.6 Å². The molecule has 5 heteroatoms. The second-order valence-corrected chi connectivity index (χ2v) is 8.43. The number of aryl methyl sites for hydroxylation is 1. The van der Waals surface area contributed by atoms with Gasteiger partial charge < -0.3 is 5.21 Å². The van der Waals surface area contributed by atoms with Crippen LogP contribution in [0.1, 0.15) is 22.3 Å². The zero-order valence-electron chi connectivity index (χ0n) is 15.1. The standard InChI is InChI=1S/C22H21NO3S/c1-18-12-13-21(16-23(24)15-19-8-4-2-5-9-19)22(14-18)27(25,26)17-20-10-6-3-7-11-20/h2-14,16H,15,17H2,1H3/b23-16-. The Bertz CT molecular complexity index is 1040. The van der Waals surface area contributed by atoms with Gasteiger partial charge in [-0.1, -0.05) is 66.7 Å². The van der Waals surface area contributed by atoms with Gasteiger partial charge in [0.15, 0.2) is 22.6 Å². The van der Waals surface area contributed by atoms with Crippen molar-refractivity contribution in [3.05, 3.63) is 106 Å². The van der Waals surface area contributed by atoms with Crippen LogP contribution in [0.2, 0.25) is 0 Å². The lowest BCUT2D eigenvalue weighted by molar-refractivity contribution is -0.469. The number of hydrogen-bond donors (Lipinski definition) is 0. The normalized spacial score (nSPS) is 12.1. The quantitative estimate of drug-likeness (QED) is 0.280. The summed E-state index contributed by atoms with van der Waals surface area (Å²) in [4.78, 5) is 0.181. The largest absolute Gasteiger partial charge is 0.624 e. The number of benzene rings is 3. The van der Waals surface area contributed by atoms with Gasteiger partial charge in [-0.05, 0) is 30.2 Å². The van der Waals surface area contributed by atoms with Crippen molar-refractivity contribution >= 4 is 16.1 Å². The number of rotatable bonds is 6. The third kappa shape index (κ3) is 5.05. The highest BCUT2D eigenvalue weighted by atomic mass is 32.2. The van der Waals surface area contributed by atoms with Crippen LogP contribution in [0.3, 0.4) is 0 Å². The zero-order chi connectivity index (χ0) is 19.3. The lowest BCUT2D eigenvalue weighted by Gasteiger charge is -2.10. The molecule has 0 aromatic heterocycles. The molecular weight excluding hydrogens is 358 g/mol. The highest BCUT2D eigenvalue weighted by Crippen LogP contribution is 2.21. The first-order valence-corrected chi connectivity index (χ1v) is 10.3. The number of hydrogen-bond acceptors (Lipinski definition) is 3. The van der Waals surface area contributed by atoms with Crippen LogP contribution in [0.4, 0.5) is 0 Å². The maximum Gasteiger partial charge on any atom is 0.183 e. The van der Waals surface area contributed by atoms with E-state index in [1.54, 1.807) is 24.3 Å². The molecule has 3 rings (SSSR count). The lowest BCUT2D eigenvalue weighted by Crippen LogP contribution is -2.12. The van der Waals surface area contributed by atoms with E-state index in [0.717, 1.165) is 15.9 Å². The lowest BCUT2D eigenvalue weighted by atomic mass is 10.1. The van der Waals surface area contributed by atoms with E-state index in [1.165, 1.54) is 6.21 Å². The van der Waals surface area contributed by atoms with Crippen molar-refractivity contribution in [2.24, 2.45) is 0 Å². The summed E-state index contributed by atoms with van der Waals surface area (Å²) in [6, 6.07) is 23.5. The highest BCUT2D eigenvalue weighted by Gasteiger charge is 2.20. The fourth-order valence-corrected chi connectivity index (χ4v) is 4.49. The summed E-state index contributed by atoms with van der Waals surface area (Å²) in [6.07, 6.45) is 1.35. The molecule has 0 N–H and O–H groups in total. The van der Waals surface area contributed by atoms with Gasteiger partial charge in [0, 0.05) is 5.56 Å². The molecule has 27 heavy (non-hydrogen) atoms. The van der Waals surface area contributed by atoms with Gasteiger partial charge in [-0.15, -0.1) is 0 Å². The van der Waals surface area contributed by atoms with Gasteiger partial charge in [0.2, 0.25) is 0 Å². The Kier molecular flexibility index (Phi) is 5.72. The molecule has 4 nitrogen and oxygen atoms in total. The third-order valence-corrected chi connectivity index (χ3v) is 5.90. The Morgan fingerprint density at radius 1 is 0.889 bits per heavy atom. The number of hydroxylamine groups is 1. The van der Waals surface area contributed by atoms with Gasteiger partial charge in [-0.25, -0.2) is 13.2 Å².